The molecule has 0 amide bonds. The van der Waals surface area contributed by atoms with Crippen LogP contribution in [0.1, 0.15) is 58.2 Å². The summed E-state index contributed by atoms with van der Waals surface area (Å²) in [5.74, 6) is -0.600. The fourth-order valence-electron chi connectivity index (χ4n) is 2.62. The Labute approximate surface area is 122 Å². The molecule has 1 aliphatic carbocycles. The number of aromatic carboxylic acids is 1. The molecular formula is C16H17NO2S. The van der Waals surface area contributed by atoms with Crippen LogP contribution in [0.4, 0.5) is 0 Å². The van der Waals surface area contributed by atoms with E-state index in [9.17, 15) is 9.90 Å². The van der Waals surface area contributed by atoms with E-state index in [0.717, 1.165) is 11.4 Å². The zero-order valence-corrected chi connectivity index (χ0v) is 12.6. The summed E-state index contributed by atoms with van der Waals surface area (Å²) in [6.07, 6.45) is 0.965. The van der Waals surface area contributed by atoms with Crippen molar-refractivity contribution >= 4 is 17.3 Å². The van der Waals surface area contributed by atoms with Crippen LogP contribution in [0.15, 0.2) is 24.3 Å². The van der Waals surface area contributed by atoms with Gasteiger partial charge in [0.25, 0.3) is 0 Å². The van der Waals surface area contributed by atoms with Gasteiger partial charge in [-0.05, 0) is 17.5 Å². The predicted molar refractivity (Wildman–Crippen MR) is 79.8 cm³/mol. The van der Waals surface area contributed by atoms with Crippen molar-refractivity contribution in [1.82, 2.24) is 4.98 Å². The minimum atomic E-state index is -0.869. The van der Waals surface area contributed by atoms with Crippen LogP contribution in [0.5, 0.6) is 0 Å². The fraction of sp³-hybridized carbons (Fsp3) is 0.375. The van der Waals surface area contributed by atoms with Crippen molar-refractivity contribution in [3.8, 4) is 0 Å². The highest BCUT2D eigenvalue weighted by Gasteiger charge is 2.34. The summed E-state index contributed by atoms with van der Waals surface area (Å²) in [5, 5.41) is 10.3. The second-order valence-electron chi connectivity index (χ2n) is 6.24. The monoisotopic (exact) mass is 287 g/mol. The minimum absolute atomic E-state index is 0.244. The Morgan fingerprint density at radius 3 is 2.60 bits per heavy atom. The Morgan fingerprint density at radius 1 is 1.35 bits per heavy atom. The van der Waals surface area contributed by atoms with Crippen molar-refractivity contribution in [2.24, 2.45) is 0 Å². The lowest BCUT2D eigenvalue weighted by Gasteiger charge is -2.28. The molecule has 0 bridgehead atoms. The SMILES string of the molecule is CC(C)(C)c1nc(C2Cc3ccccc32)sc1C(=O)O. The molecule has 1 heterocycles. The molecule has 0 saturated carbocycles. The summed E-state index contributed by atoms with van der Waals surface area (Å²) < 4.78 is 0. The van der Waals surface area contributed by atoms with Gasteiger partial charge in [-0.2, -0.15) is 0 Å². The first-order valence-corrected chi connectivity index (χ1v) is 7.52. The van der Waals surface area contributed by atoms with E-state index in [1.54, 1.807) is 0 Å². The second-order valence-corrected chi connectivity index (χ2v) is 7.27. The van der Waals surface area contributed by atoms with Crippen LogP contribution in [0.25, 0.3) is 0 Å². The van der Waals surface area contributed by atoms with Crippen molar-refractivity contribution in [3.63, 3.8) is 0 Å². The number of hydrogen-bond acceptors (Lipinski definition) is 3. The molecule has 20 heavy (non-hydrogen) atoms. The van der Waals surface area contributed by atoms with Gasteiger partial charge in [0, 0.05) is 11.3 Å². The molecule has 104 valence electrons. The number of carboxylic acid groups (broad SMARTS) is 1. The van der Waals surface area contributed by atoms with Gasteiger partial charge in [0.2, 0.25) is 0 Å². The Bertz CT molecular complexity index is 682. The van der Waals surface area contributed by atoms with E-state index in [2.05, 4.69) is 17.1 Å². The summed E-state index contributed by atoms with van der Waals surface area (Å²) in [5.41, 5.74) is 3.10. The molecule has 1 aliphatic rings. The third-order valence-electron chi connectivity index (χ3n) is 3.70. The Hall–Kier alpha value is -1.68. The van der Waals surface area contributed by atoms with Crippen molar-refractivity contribution < 1.29 is 9.90 Å². The molecule has 0 aliphatic heterocycles. The van der Waals surface area contributed by atoms with Crippen molar-refractivity contribution in [1.29, 1.82) is 0 Å². The van der Waals surface area contributed by atoms with Gasteiger partial charge < -0.3 is 5.11 Å². The maximum atomic E-state index is 11.4. The lowest BCUT2D eigenvalue weighted by Crippen LogP contribution is -2.19. The van der Waals surface area contributed by atoms with Gasteiger partial charge >= 0.3 is 5.97 Å². The normalized spacial score (nSPS) is 17.4. The molecule has 3 nitrogen and oxygen atoms in total. The van der Waals surface area contributed by atoms with Gasteiger partial charge in [0.15, 0.2) is 0 Å². The molecule has 1 aromatic heterocycles. The fourth-order valence-corrected chi connectivity index (χ4v) is 3.85. The maximum absolute atomic E-state index is 11.4. The van der Waals surface area contributed by atoms with E-state index in [4.69, 9.17) is 0 Å². The van der Waals surface area contributed by atoms with E-state index >= 15 is 0 Å². The van der Waals surface area contributed by atoms with Crippen LogP contribution < -0.4 is 0 Å². The molecule has 0 fully saturated rings. The maximum Gasteiger partial charge on any atom is 0.347 e. The van der Waals surface area contributed by atoms with Crippen LogP contribution >= 0.6 is 11.3 Å². The third-order valence-corrected chi connectivity index (χ3v) is 4.86. The molecule has 3 rings (SSSR count). The van der Waals surface area contributed by atoms with Gasteiger partial charge in [-0.3, -0.25) is 0 Å². The standard InChI is InChI=1S/C16H17NO2S/c1-16(2,3)13-12(15(18)19)20-14(17-13)11-8-9-6-4-5-7-10(9)11/h4-7,11H,8H2,1-3H3,(H,18,19). The Kier molecular flexibility index (Phi) is 2.94. The first kappa shape index (κ1) is 13.3. The second kappa shape index (κ2) is 4.42. The van der Waals surface area contributed by atoms with Crippen LogP contribution in [0.2, 0.25) is 0 Å². The molecular weight excluding hydrogens is 270 g/mol. The van der Waals surface area contributed by atoms with Crippen LogP contribution in [-0.4, -0.2) is 16.1 Å². The molecule has 2 aromatic rings. The number of carboxylic acids is 1. The average Bonchev–Trinajstić information content (AvgIpc) is 2.75. The average molecular weight is 287 g/mol. The summed E-state index contributed by atoms with van der Waals surface area (Å²) in [6, 6.07) is 8.31. The number of thiazole rings is 1. The van der Waals surface area contributed by atoms with Crippen molar-refractivity contribution in [2.75, 3.05) is 0 Å². The summed E-state index contributed by atoms with van der Waals surface area (Å²) in [6.45, 7) is 6.02. The predicted octanol–water partition coefficient (Wildman–Crippen LogP) is 3.83. The van der Waals surface area contributed by atoms with E-state index in [1.165, 1.54) is 22.5 Å². The number of aromatic nitrogens is 1. The highest BCUT2D eigenvalue weighted by molar-refractivity contribution is 7.13. The van der Waals surface area contributed by atoms with E-state index in [-0.39, 0.29) is 11.3 Å². The molecule has 1 atom stereocenters. The zero-order valence-electron chi connectivity index (χ0n) is 11.8. The molecule has 0 saturated heterocycles. The van der Waals surface area contributed by atoms with Gasteiger partial charge in [-0.25, -0.2) is 9.78 Å². The minimum Gasteiger partial charge on any atom is -0.477 e. The number of nitrogens with zero attached hydrogens (tertiary/aromatic N) is 1. The molecule has 1 aromatic carbocycles. The molecule has 4 heteroatoms. The largest absolute Gasteiger partial charge is 0.477 e. The van der Waals surface area contributed by atoms with Crippen LogP contribution in [-0.2, 0) is 11.8 Å². The molecule has 0 radical (unpaired) electrons. The summed E-state index contributed by atoms with van der Waals surface area (Å²) in [7, 11) is 0. The smallest absolute Gasteiger partial charge is 0.347 e. The van der Waals surface area contributed by atoms with Gasteiger partial charge in [-0.1, -0.05) is 45.0 Å². The lowest BCUT2D eigenvalue weighted by molar-refractivity contribution is 0.0699. The van der Waals surface area contributed by atoms with E-state index in [0.29, 0.717) is 10.6 Å². The van der Waals surface area contributed by atoms with Gasteiger partial charge in [-0.15, -0.1) is 11.3 Å². The van der Waals surface area contributed by atoms with E-state index in [1.807, 2.05) is 32.9 Å². The lowest BCUT2D eigenvalue weighted by atomic mass is 9.78. The number of benzene rings is 1. The van der Waals surface area contributed by atoms with Crippen molar-refractivity contribution in [3.05, 3.63) is 51.0 Å². The summed E-state index contributed by atoms with van der Waals surface area (Å²) in [4.78, 5) is 16.5. The van der Waals surface area contributed by atoms with Gasteiger partial charge in [0.05, 0.1) is 5.69 Å². The van der Waals surface area contributed by atoms with Crippen molar-refractivity contribution in [2.45, 2.75) is 38.5 Å². The van der Waals surface area contributed by atoms with Gasteiger partial charge in [0.1, 0.15) is 9.88 Å². The quantitative estimate of drug-likeness (QED) is 0.913. The molecule has 1 unspecified atom stereocenters. The molecule has 0 spiro atoms. The van der Waals surface area contributed by atoms with E-state index < -0.39 is 5.97 Å². The zero-order chi connectivity index (χ0) is 14.5. The topological polar surface area (TPSA) is 50.2 Å². The van der Waals surface area contributed by atoms with Crippen LogP contribution in [0.3, 0.4) is 0 Å². The number of hydrogen-bond donors (Lipinski definition) is 1. The highest BCUT2D eigenvalue weighted by Crippen LogP contribution is 2.43. The Morgan fingerprint density at radius 2 is 2.05 bits per heavy atom. The first-order chi connectivity index (χ1) is 9.38. The highest BCUT2D eigenvalue weighted by atomic mass is 32.1. The number of carbonyl (C=O) groups is 1. The number of rotatable bonds is 2. The molecule has 1 N–H and O–H groups in total. The Balaban J connectivity index is 2.03. The first-order valence-electron chi connectivity index (χ1n) is 6.70. The third kappa shape index (κ3) is 2.04. The number of fused-ring (bicyclic) bond motifs is 1. The van der Waals surface area contributed by atoms with Crippen LogP contribution in [0, 0.1) is 0 Å². The summed E-state index contributed by atoms with van der Waals surface area (Å²) >= 11 is 1.33.